The number of hydrogen-bond donors (Lipinski definition) is 1. The van der Waals surface area contributed by atoms with Crippen LogP contribution in [0.4, 0.5) is 0 Å². The third-order valence-electron chi connectivity index (χ3n) is 19.0. The van der Waals surface area contributed by atoms with Crippen molar-refractivity contribution in [1.29, 1.82) is 0 Å². The third kappa shape index (κ3) is 19.1. The number of ether oxygens (including phenoxy) is 4. The van der Waals surface area contributed by atoms with E-state index in [1.54, 1.807) is 48.5 Å². The van der Waals surface area contributed by atoms with Crippen LogP contribution >= 0.6 is 11.1 Å². The largest absolute Gasteiger partial charge is 0.463 e. The van der Waals surface area contributed by atoms with Gasteiger partial charge in [-0.15, -0.1) is 0 Å². The predicted molar refractivity (Wildman–Crippen MR) is 357 cm³/mol. The lowest BCUT2D eigenvalue weighted by molar-refractivity contribution is -0.158. The number of hydrogen-bond acceptors (Lipinski definition) is 12. The van der Waals surface area contributed by atoms with Crippen molar-refractivity contribution in [2.45, 2.75) is 208 Å². The van der Waals surface area contributed by atoms with Crippen molar-refractivity contribution < 1.29 is 57.2 Å². The molecule has 89 heavy (non-hydrogen) atoms. The van der Waals surface area contributed by atoms with Crippen molar-refractivity contribution in [2.24, 2.45) is 34.5 Å². The van der Waals surface area contributed by atoms with Gasteiger partial charge in [-0.25, -0.2) is 0 Å². The maximum Gasteiger partial charge on any atom is 0.311 e. The number of esters is 2. The summed E-state index contributed by atoms with van der Waals surface area (Å²) in [5.41, 5.74) is 2.90. The van der Waals surface area contributed by atoms with E-state index in [2.05, 4.69) is 118 Å². The molecule has 4 aliphatic rings. The van der Waals surface area contributed by atoms with Crippen LogP contribution in [0.5, 0.6) is 0 Å². The van der Waals surface area contributed by atoms with Crippen molar-refractivity contribution in [2.75, 3.05) is 26.3 Å². The Bertz CT molecular complexity index is 2970. The minimum Gasteiger partial charge on any atom is -0.463 e. The van der Waals surface area contributed by atoms with Gasteiger partial charge in [-0.2, -0.15) is 11.1 Å². The van der Waals surface area contributed by atoms with Crippen LogP contribution in [0.2, 0.25) is 36.3 Å². The predicted octanol–water partition coefficient (Wildman–Crippen LogP) is 14.8. The molecule has 2 saturated heterocycles. The molecule has 2 fully saturated rings. The molecule has 1 N–H and O–H groups in total. The highest BCUT2D eigenvalue weighted by atomic mass is 35.6. The second-order valence-corrected chi connectivity index (χ2v) is 42.1. The summed E-state index contributed by atoms with van der Waals surface area (Å²) in [6.07, 6.45) is 1.99. The summed E-state index contributed by atoms with van der Waals surface area (Å²) in [5, 5.41) is 11.2. The molecule has 0 bridgehead atoms. The smallest absolute Gasteiger partial charge is 0.311 e. The highest BCUT2D eigenvalue weighted by Crippen LogP contribution is 2.43. The van der Waals surface area contributed by atoms with E-state index >= 15 is 0 Å². The van der Waals surface area contributed by atoms with Crippen LogP contribution in [0, 0.1) is 34.5 Å². The summed E-state index contributed by atoms with van der Waals surface area (Å²) < 4.78 is 31.4. The fraction of sp³-hybridized carbons (Fsp3) is 0.583. The number of nitrogens with zero attached hydrogens (tertiary/aromatic N) is 2. The second-order valence-electron chi connectivity index (χ2n) is 30.1. The fourth-order valence-corrected chi connectivity index (χ4v) is 12.5. The number of fused-ring (bicyclic) bond motifs is 2. The lowest BCUT2D eigenvalue weighted by atomic mass is 9.83. The van der Waals surface area contributed by atoms with Crippen molar-refractivity contribution in [3.05, 3.63) is 143 Å². The zero-order valence-electron chi connectivity index (χ0n) is 56.4. The average Bonchev–Trinajstić information content (AvgIpc) is 1.74. The standard InChI is InChI=1S/C36H51NO6Si.C30H37NO6.C6H15ClSi/c1-24-27(20-19-25-15-11-10-12-16-25)31(23-41-34(40)35(2,3)4)42-30(24)21-26(43-44(8,9)36(5,6)7)22-37-32(38)28-17-13-14-18-29(28)33(37)39;1-19-22(15-14-20-10-6-5-7-11-20)26(18-36-29(35)30(2,3)4)37-25(19)16-21(32)17-31-27(33)23-12-8-9-13-24(23)28(31)34;1-6(2,3)8(4,5)7/h10-18,24,26-27,30-31H,19-23H2,1-9H3;5-13,19,21-22,25-26,32H,14-18H2,1-4H3;1-5H3/t24-,26?,27?,30-,31+;19-,21?,22?,25-,26+;/m11./s1. The summed E-state index contributed by atoms with van der Waals surface area (Å²) in [7, 11) is -3.66. The first-order valence-electron chi connectivity index (χ1n) is 32.0. The Morgan fingerprint density at radius 3 is 1.17 bits per heavy atom. The Morgan fingerprint density at radius 2 is 0.843 bits per heavy atom. The molecular formula is C72H103ClN2O12Si2. The van der Waals surface area contributed by atoms with Gasteiger partial charge >= 0.3 is 11.9 Å². The van der Waals surface area contributed by atoms with Gasteiger partial charge in [0.25, 0.3) is 23.6 Å². The number of β-amino-alcohol motifs (C(OH)–C–C–N with tert-alkyl or cyclic N) is 1. The highest BCUT2D eigenvalue weighted by Gasteiger charge is 2.48. The van der Waals surface area contributed by atoms with Crippen LogP contribution < -0.4 is 0 Å². The van der Waals surface area contributed by atoms with Crippen molar-refractivity contribution >= 4 is 62.3 Å². The average molecular weight is 1280 g/mol. The summed E-state index contributed by atoms with van der Waals surface area (Å²) >= 11 is 6.15. The first kappa shape index (κ1) is 72.7. The SMILES string of the molecule is CC(C)(C)[Si](C)(C)Cl.C[C@@H]1C(CCc2ccccc2)[C@H](COC(=O)C(C)(C)C)O[C@@H]1CC(CN1C(=O)c2ccccc2C1=O)O[Si](C)(C)C(C)(C)C.C[C@@H]1C(CCc2ccccc2)[C@H](COC(=O)C(C)(C)C)O[C@@H]1CC(O)CN1C(=O)c2ccccc2C1=O. The van der Waals surface area contributed by atoms with Crippen LogP contribution in [-0.2, 0) is 45.8 Å². The van der Waals surface area contributed by atoms with Crippen LogP contribution in [0.25, 0.3) is 0 Å². The maximum absolute atomic E-state index is 13.3. The van der Waals surface area contributed by atoms with E-state index in [0.717, 1.165) is 30.6 Å². The molecule has 8 rings (SSSR count). The molecule has 0 radical (unpaired) electrons. The molecule has 4 aromatic carbocycles. The Kier molecular flexibility index (Phi) is 24.5. The summed E-state index contributed by atoms with van der Waals surface area (Å²) in [5.74, 6) is -1.29. The van der Waals surface area contributed by atoms with Crippen LogP contribution in [0.3, 0.4) is 0 Å². The minimum atomic E-state index is -2.28. The van der Waals surface area contributed by atoms with E-state index in [9.17, 15) is 33.9 Å². The molecule has 488 valence electrons. The van der Waals surface area contributed by atoms with E-state index in [4.69, 9.17) is 34.5 Å². The van der Waals surface area contributed by atoms with Gasteiger partial charge in [-0.3, -0.25) is 38.6 Å². The van der Waals surface area contributed by atoms with E-state index in [1.165, 1.54) is 16.0 Å². The van der Waals surface area contributed by atoms with Crippen LogP contribution in [0.1, 0.15) is 175 Å². The monoisotopic (exact) mass is 1280 g/mol. The number of halogens is 1. The van der Waals surface area contributed by atoms with E-state index in [0.29, 0.717) is 33.7 Å². The minimum absolute atomic E-state index is 0.0582. The zero-order valence-corrected chi connectivity index (χ0v) is 59.2. The number of rotatable bonds is 20. The molecule has 0 aliphatic carbocycles. The quantitative estimate of drug-likeness (QED) is 0.0384. The third-order valence-corrected chi connectivity index (χ3v) is 28.8. The number of aliphatic hydroxyl groups excluding tert-OH is 1. The van der Waals surface area contributed by atoms with Crippen LogP contribution in [0.15, 0.2) is 109 Å². The molecule has 0 saturated carbocycles. The van der Waals surface area contributed by atoms with Gasteiger partial charge in [-0.05, 0) is 149 Å². The van der Waals surface area contributed by atoms with Gasteiger partial charge in [0.2, 0.25) is 0 Å². The van der Waals surface area contributed by atoms with Gasteiger partial charge in [0.1, 0.15) is 13.2 Å². The normalized spacial score (nSPS) is 22.8. The topological polar surface area (TPSA) is 175 Å². The van der Waals surface area contributed by atoms with Crippen molar-refractivity contribution in [3.8, 4) is 0 Å². The second kappa shape index (κ2) is 30.0. The molecule has 4 amide bonds. The van der Waals surface area contributed by atoms with Crippen molar-refractivity contribution in [3.63, 3.8) is 0 Å². The maximum atomic E-state index is 13.3. The number of aryl methyl sites for hydroxylation is 2. The molecule has 14 nitrogen and oxygen atoms in total. The first-order valence-corrected chi connectivity index (χ1v) is 38.9. The first-order chi connectivity index (χ1) is 41.3. The van der Waals surface area contributed by atoms with Gasteiger partial charge in [0.15, 0.2) is 15.7 Å². The summed E-state index contributed by atoms with van der Waals surface area (Å²) in [6.45, 7) is 37.7. The molecule has 0 aromatic heterocycles. The molecular weight excluding hydrogens is 1180 g/mol. The molecule has 4 aromatic rings. The number of amides is 4. The van der Waals surface area contributed by atoms with E-state index in [1.807, 2.05) is 65.8 Å². The molecule has 4 aliphatic heterocycles. The molecule has 4 heterocycles. The number of benzene rings is 4. The molecule has 4 unspecified atom stereocenters. The summed E-state index contributed by atoms with van der Waals surface area (Å²) in [4.78, 5) is 79.7. The number of carbonyl (C=O) groups excluding carboxylic acids is 6. The Labute approximate surface area is 538 Å². The lowest BCUT2D eigenvalue weighted by Gasteiger charge is -2.40. The molecule has 0 spiro atoms. The Balaban J connectivity index is 0.000000255. The highest BCUT2D eigenvalue weighted by molar-refractivity contribution is 7.20. The van der Waals surface area contributed by atoms with Gasteiger partial charge < -0.3 is 28.5 Å². The zero-order chi connectivity index (χ0) is 66.2. The van der Waals surface area contributed by atoms with Crippen molar-refractivity contribution in [1.82, 2.24) is 9.80 Å². The number of imide groups is 2. The fourth-order valence-electron chi connectivity index (χ4n) is 11.2. The van der Waals surface area contributed by atoms with Gasteiger partial charge in [0, 0.05) is 12.8 Å². The molecule has 17 heteroatoms. The summed E-state index contributed by atoms with van der Waals surface area (Å²) in [6, 6.07) is 34.3. The van der Waals surface area contributed by atoms with E-state index < -0.39 is 38.7 Å². The Morgan fingerprint density at radius 1 is 0.517 bits per heavy atom. The van der Waals surface area contributed by atoms with Crippen LogP contribution in [-0.4, -0.2) is 129 Å². The molecule has 10 atom stereocenters. The van der Waals surface area contributed by atoms with Gasteiger partial charge in [-0.1, -0.05) is 153 Å². The van der Waals surface area contributed by atoms with Gasteiger partial charge in [0.05, 0.1) is 82.8 Å². The lowest BCUT2D eigenvalue weighted by Crippen LogP contribution is -2.49. The number of carbonyl (C=O) groups is 6. The number of aliphatic hydroxyl groups is 1. The Hall–Kier alpha value is -5.34. The van der Waals surface area contributed by atoms with E-state index in [-0.39, 0.29) is 121 Å².